The van der Waals surface area contributed by atoms with Crippen LogP contribution in [0.2, 0.25) is 0 Å². The molecule has 3 rings (SSSR count). The molecule has 0 unspecified atom stereocenters. The predicted octanol–water partition coefficient (Wildman–Crippen LogP) is 3.06. The largest absolute Gasteiger partial charge is 0.478 e. The number of aromatic carboxylic acids is 1. The number of amides is 2. The molecule has 0 saturated heterocycles. The minimum atomic E-state index is -0.973. The highest BCUT2D eigenvalue weighted by atomic mass is 32.1. The third kappa shape index (κ3) is 3.13. The van der Waals surface area contributed by atoms with Crippen molar-refractivity contribution < 1.29 is 14.7 Å². The van der Waals surface area contributed by atoms with Crippen LogP contribution in [0.1, 0.15) is 36.0 Å². The lowest BCUT2D eigenvalue weighted by molar-refractivity contribution is 0.0697. The molecule has 2 aromatic rings. The number of hydrogen-bond donors (Lipinski definition) is 3. The van der Waals surface area contributed by atoms with E-state index in [4.69, 9.17) is 5.11 Å². The van der Waals surface area contributed by atoms with Crippen LogP contribution < -0.4 is 10.6 Å². The lowest BCUT2D eigenvalue weighted by atomic mass is 10.2. The van der Waals surface area contributed by atoms with E-state index in [1.54, 1.807) is 12.1 Å². The van der Waals surface area contributed by atoms with Crippen molar-refractivity contribution in [3.8, 4) is 0 Å². The van der Waals surface area contributed by atoms with Crippen LogP contribution in [0.5, 0.6) is 0 Å². The number of benzene rings is 1. The Labute approximate surface area is 125 Å². The van der Waals surface area contributed by atoms with E-state index >= 15 is 0 Å². The third-order valence-electron chi connectivity index (χ3n) is 3.55. The monoisotopic (exact) mass is 305 g/mol. The van der Waals surface area contributed by atoms with E-state index in [1.165, 1.54) is 17.4 Å². The molecule has 1 heterocycles. The molecule has 21 heavy (non-hydrogen) atoms. The fourth-order valence-corrected chi connectivity index (χ4v) is 3.40. The van der Waals surface area contributed by atoms with Crippen molar-refractivity contribution in [2.24, 2.45) is 0 Å². The maximum Gasteiger partial charge on any atom is 0.335 e. The van der Waals surface area contributed by atoms with Crippen LogP contribution in [0.25, 0.3) is 10.2 Å². The molecular weight excluding hydrogens is 290 g/mol. The second-order valence-electron chi connectivity index (χ2n) is 5.09. The molecule has 1 aromatic heterocycles. The van der Waals surface area contributed by atoms with Crippen LogP contribution in [0.15, 0.2) is 18.2 Å². The summed E-state index contributed by atoms with van der Waals surface area (Å²) in [6.45, 7) is 0. The summed E-state index contributed by atoms with van der Waals surface area (Å²) in [4.78, 5) is 27.1. The number of carbonyl (C=O) groups excluding carboxylic acids is 1. The first kappa shape index (κ1) is 13.8. The summed E-state index contributed by atoms with van der Waals surface area (Å²) < 4.78 is 0.742. The Balaban J connectivity index is 1.71. The molecule has 0 bridgehead atoms. The van der Waals surface area contributed by atoms with E-state index in [0.717, 1.165) is 30.4 Å². The van der Waals surface area contributed by atoms with Gasteiger partial charge in [0, 0.05) is 6.04 Å². The van der Waals surface area contributed by atoms with Crippen LogP contribution in [0.4, 0.5) is 9.93 Å². The lowest BCUT2D eigenvalue weighted by Crippen LogP contribution is -2.36. The van der Waals surface area contributed by atoms with Crippen LogP contribution in [-0.4, -0.2) is 28.1 Å². The molecule has 3 N–H and O–H groups in total. The Morgan fingerprint density at radius 2 is 2.05 bits per heavy atom. The van der Waals surface area contributed by atoms with Gasteiger partial charge in [-0.15, -0.1) is 0 Å². The molecule has 110 valence electrons. The fourth-order valence-electron chi connectivity index (χ4n) is 2.50. The van der Waals surface area contributed by atoms with E-state index in [0.29, 0.717) is 10.6 Å². The van der Waals surface area contributed by atoms with Gasteiger partial charge >= 0.3 is 12.0 Å². The average molecular weight is 305 g/mol. The van der Waals surface area contributed by atoms with Gasteiger partial charge in [-0.1, -0.05) is 24.2 Å². The number of thiazole rings is 1. The third-order valence-corrected chi connectivity index (χ3v) is 4.48. The molecule has 0 atom stereocenters. The molecule has 1 aromatic carbocycles. The Kier molecular flexibility index (Phi) is 3.74. The minimum Gasteiger partial charge on any atom is -0.478 e. The van der Waals surface area contributed by atoms with Gasteiger partial charge in [0.05, 0.1) is 15.8 Å². The van der Waals surface area contributed by atoms with Crippen molar-refractivity contribution in [2.45, 2.75) is 31.7 Å². The normalized spacial score (nSPS) is 15.2. The van der Waals surface area contributed by atoms with Gasteiger partial charge in [0.25, 0.3) is 0 Å². The highest BCUT2D eigenvalue weighted by Gasteiger charge is 2.17. The average Bonchev–Trinajstić information content (AvgIpc) is 3.05. The minimum absolute atomic E-state index is 0.216. The van der Waals surface area contributed by atoms with Gasteiger partial charge < -0.3 is 10.4 Å². The maximum atomic E-state index is 11.9. The summed E-state index contributed by atoms with van der Waals surface area (Å²) in [5.41, 5.74) is 0.897. The summed E-state index contributed by atoms with van der Waals surface area (Å²) in [7, 11) is 0. The van der Waals surface area contributed by atoms with E-state index in [9.17, 15) is 9.59 Å². The summed E-state index contributed by atoms with van der Waals surface area (Å²) in [6.07, 6.45) is 4.36. The molecule has 1 fully saturated rings. The first-order valence-corrected chi connectivity index (χ1v) is 7.65. The second kappa shape index (κ2) is 5.69. The quantitative estimate of drug-likeness (QED) is 0.812. The van der Waals surface area contributed by atoms with Crippen molar-refractivity contribution >= 4 is 38.7 Å². The van der Waals surface area contributed by atoms with Gasteiger partial charge in [-0.05, 0) is 31.0 Å². The van der Waals surface area contributed by atoms with Gasteiger partial charge in [0.2, 0.25) is 0 Å². The molecular formula is C14H15N3O3S. The number of hydrogen-bond acceptors (Lipinski definition) is 4. The van der Waals surface area contributed by atoms with Crippen molar-refractivity contribution in [3.05, 3.63) is 23.8 Å². The smallest absolute Gasteiger partial charge is 0.335 e. The molecule has 0 spiro atoms. The number of rotatable bonds is 3. The number of nitrogens with zero attached hydrogens (tertiary/aromatic N) is 1. The number of nitrogens with one attached hydrogen (secondary N) is 2. The topological polar surface area (TPSA) is 91.3 Å². The number of carboxylic acids is 1. The van der Waals surface area contributed by atoms with E-state index in [2.05, 4.69) is 15.6 Å². The van der Waals surface area contributed by atoms with Crippen molar-refractivity contribution in [1.29, 1.82) is 0 Å². The first-order chi connectivity index (χ1) is 10.1. The molecule has 1 aliphatic carbocycles. The van der Waals surface area contributed by atoms with Crippen molar-refractivity contribution in [2.75, 3.05) is 5.32 Å². The Morgan fingerprint density at radius 1 is 1.29 bits per heavy atom. The van der Waals surface area contributed by atoms with Gasteiger partial charge in [-0.3, -0.25) is 5.32 Å². The molecule has 0 radical (unpaired) electrons. The molecule has 2 amide bonds. The lowest BCUT2D eigenvalue weighted by Gasteiger charge is -2.11. The number of fused-ring (bicyclic) bond motifs is 1. The number of carbonyl (C=O) groups is 2. The maximum absolute atomic E-state index is 11.9. The Hall–Kier alpha value is -2.15. The number of aromatic nitrogens is 1. The molecule has 6 nitrogen and oxygen atoms in total. The number of carboxylic acid groups (broad SMARTS) is 1. The van der Waals surface area contributed by atoms with E-state index in [-0.39, 0.29) is 17.6 Å². The molecule has 1 aliphatic rings. The first-order valence-electron chi connectivity index (χ1n) is 6.83. The second-order valence-corrected chi connectivity index (χ2v) is 6.12. The van der Waals surface area contributed by atoms with Crippen LogP contribution in [0.3, 0.4) is 0 Å². The summed E-state index contributed by atoms with van der Waals surface area (Å²) >= 11 is 1.27. The predicted molar refractivity (Wildman–Crippen MR) is 81.0 cm³/mol. The van der Waals surface area contributed by atoms with Gasteiger partial charge in [0.1, 0.15) is 0 Å². The molecule has 7 heteroatoms. The standard InChI is InChI=1S/C14H15N3O3S/c18-12(19)8-5-6-10-11(7-8)21-14(16-10)17-13(20)15-9-3-1-2-4-9/h5-7,9H,1-4H2,(H,18,19)(H2,15,16,17,20). The molecule has 0 aliphatic heterocycles. The summed E-state index contributed by atoms with van der Waals surface area (Å²) in [5, 5.41) is 15.1. The zero-order valence-corrected chi connectivity index (χ0v) is 12.1. The number of urea groups is 1. The fraction of sp³-hybridized carbons (Fsp3) is 0.357. The summed E-state index contributed by atoms with van der Waals surface area (Å²) in [5.74, 6) is -0.973. The highest BCUT2D eigenvalue weighted by Crippen LogP contribution is 2.27. The molecule has 1 saturated carbocycles. The van der Waals surface area contributed by atoms with E-state index < -0.39 is 5.97 Å². The van der Waals surface area contributed by atoms with Crippen molar-refractivity contribution in [1.82, 2.24) is 10.3 Å². The number of anilines is 1. The Bertz CT molecular complexity index is 692. The van der Waals surface area contributed by atoms with Crippen LogP contribution >= 0.6 is 11.3 Å². The van der Waals surface area contributed by atoms with Gasteiger partial charge in [-0.2, -0.15) is 0 Å². The summed E-state index contributed by atoms with van der Waals surface area (Å²) in [6, 6.07) is 4.72. The van der Waals surface area contributed by atoms with Crippen molar-refractivity contribution in [3.63, 3.8) is 0 Å². The van der Waals surface area contributed by atoms with Crippen LogP contribution in [-0.2, 0) is 0 Å². The zero-order valence-electron chi connectivity index (χ0n) is 11.3. The van der Waals surface area contributed by atoms with Crippen LogP contribution in [0, 0.1) is 0 Å². The van der Waals surface area contributed by atoms with Gasteiger partial charge in [-0.25, -0.2) is 14.6 Å². The van der Waals surface area contributed by atoms with E-state index in [1.807, 2.05) is 0 Å². The van der Waals surface area contributed by atoms with Gasteiger partial charge in [0.15, 0.2) is 5.13 Å². The SMILES string of the molecule is O=C(Nc1nc2ccc(C(=O)O)cc2s1)NC1CCCC1. The highest BCUT2D eigenvalue weighted by molar-refractivity contribution is 7.22. The zero-order chi connectivity index (χ0) is 14.8. The Morgan fingerprint density at radius 3 is 2.76 bits per heavy atom.